The highest BCUT2D eigenvalue weighted by atomic mass is 19.1. The first kappa shape index (κ1) is 23.2. The highest BCUT2D eigenvalue weighted by molar-refractivity contribution is 5.87. The Bertz CT molecular complexity index is 809. The maximum Gasteiger partial charge on any atom is 0.315 e. The first-order valence-corrected chi connectivity index (χ1v) is 10.2. The van der Waals surface area contributed by atoms with Crippen molar-refractivity contribution in [1.82, 2.24) is 16.0 Å². The third kappa shape index (κ3) is 7.39. The molecule has 2 aromatic carbocycles. The molecule has 0 fully saturated rings. The molecule has 6 nitrogen and oxygen atoms in total. The lowest BCUT2D eigenvalue weighted by molar-refractivity contribution is -0.123. The van der Waals surface area contributed by atoms with E-state index in [-0.39, 0.29) is 24.3 Å². The first-order chi connectivity index (χ1) is 14.4. The third-order valence-electron chi connectivity index (χ3n) is 4.62. The molecule has 0 bridgehead atoms. The van der Waals surface area contributed by atoms with Crippen LogP contribution < -0.4 is 20.7 Å². The molecular weight excluding hydrogens is 385 g/mol. The number of ether oxygens (including phenoxy) is 1. The van der Waals surface area contributed by atoms with Crippen LogP contribution in [-0.2, 0) is 11.3 Å². The van der Waals surface area contributed by atoms with Crippen molar-refractivity contribution in [2.24, 2.45) is 0 Å². The first-order valence-electron chi connectivity index (χ1n) is 10.2. The molecule has 0 saturated heterocycles. The van der Waals surface area contributed by atoms with E-state index in [4.69, 9.17) is 4.74 Å². The quantitative estimate of drug-likeness (QED) is 0.547. The summed E-state index contributed by atoms with van der Waals surface area (Å²) in [6.07, 6.45) is 1.26. The minimum absolute atomic E-state index is 0.211. The van der Waals surface area contributed by atoms with Crippen molar-refractivity contribution in [3.63, 3.8) is 0 Å². The molecule has 0 heterocycles. The van der Waals surface area contributed by atoms with Crippen LogP contribution in [0.2, 0.25) is 0 Å². The zero-order valence-electron chi connectivity index (χ0n) is 17.7. The van der Waals surface area contributed by atoms with Gasteiger partial charge < -0.3 is 20.7 Å². The van der Waals surface area contributed by atoms with Crippen LogP contribution in [-0.4, -0.2) is 24.6 Å². The second-order valence-electron chi connectivity index (χ2n) is 7.03. The molecule has 0 aliphatic heterocycles. The van der Waals surface area contributed by atoms with Gasteiger partial charge in [-0.05, 0) is 55.7 Å². The maximum absolute atomic E-state index is 13.0. The molecule has 2 rings (SSSR count). The van der Waals surface area contributed by atoms with Gasteiger partial charge >= 0.3 is 6.03 Å². The number of benzene rings is 2. The predicted octanol–water partition coefficient (Wildman–Crippen LogP) is 4.07. The molecule has 7 heteroatoms. The summed E-state index contributed by atoms with van der Waals surface area (Å²) in [6, 6.07) is 12.1. The van der Waals surface area contributed by atoms with Crippen molar-refractivity contribution >= 4 is 11.9 Å². The fourth-order valence-corrected chi connectivity index (χ4v) is 2.97. The number of halogens is 1. The lowest BCUT2D eigenvalue weighted by Crippen LogP contribution is -2.50. The topological polar surface area (TPSA) is 79.5 Å². The fourth-order valence-electron chi connectivity index (χ4n) is 2.97. The summed E-state index contributed by atoms with van der Waals surface area (Å²) in [6.45, 7) is 6.61. The van der Waals surface area contributed by atoms with E-state index in [0.29, 0.717) is 13.0 Å². The molecule has 162 valence electrons. The monoisotopic (exact) mass is 415 g/mol. The minimum atomic E-state index is -0.645. The van der Waals surface area contributed by atoms with E-state index >= 15 is 0 Å². The number of hydrogen-bond donors (Lipinski definition) is 3. The van der Waals surface area contributed by atoms with Crippen molar-refractivity contribution in [2.75, 3.05) is 6.61 Å². The van der Waals surface area contributed by atoms with Gasteiger partial charge in [-0.15, -0.1) is 0 Å². The van der Waals surface area contributed by atoms with Gasteiger partial charge in [0.15, 0.2) is 0 Å². The summed E-state index contributed by atoms with van der Waals surface area (Å²) in [5.74, 6) is 0.211. The largest absolute Gasteiger partial charge is 0.494 e. The zero-order valence-corrected chi connectivity index (χ0v) is 17.7. The Hall–Kier alpha value is -3.09. The smallest absolute Gasteiger partial charge is 0.315 e. The summed E-state index contributed by atoms with van der Waals surface area (Å²) >= 11 is 0. The van der Waals surface area contributed by atoms with Gasteiger partial charge in [0.25, 0.3) is 0 Å². The van der Waals surface area contributed by atoms with E-state index in [9.17, 15) is 14.0 Å². The van der Waals surface area contributed by atoms with Crippen LogP contribution in [0, 0.1) is 5.82 Å². The molecule has 0 aliphatic rings. The summed E-state index contributed by atoms with van der Waals surface area (Å²) in [4.78, 5) is 25.0. The summed E-state index contributed by atoms with van der Waals surface area (Å²) in [5, 5.41) is 8.38. The fraction of sp³-hybridized carbons (Fsp3) is 0.391. The van der Waals surface area contributed by atoms with E-state index in [1.807, 2.05) is 45.0 Å². The van der Waals surface area contributed by atoms with Gasteiger partial charge in [0, 0.05) is 6.54 Å². The van der Waals surface area contributed by atoms with Gasteiger partial charge in [-0.25, -0.2) is 9.18 Å². The number of rotatable bonds is 10. The summed E-state index contributed by atoms with van der Waals surface area (Å²) in [7, 11) is 0. The van der Waals surface area contributed by atoms with Gasteiger partial charge in [-0.2, -0.15) is 0 Å². The number of carbonyl (C=O) groups excluding carboxylic acids is 2. The van der Waals surface area contributed by atoms with Gasteiger partial charge in [-0.1, -0.05) is 37.6 Å². The predicted molar refractivity (Wildman–Crippen MR) is 115 cm³/mol. The number of urea groups is 1. The van der Waals surface area contributed by atoms with Crippen LogP contribution in [0.15, 0.2) is 48.5 Å². The lowest BCUT2D eigenvalue weighted by Gasteiger charge is -2.21. The average Bonchev–Trinajstić information content (AvgIpc) is 2.73. The number of amides is 3. The van der Waals surface area contributed by atoms with Gasteiger partial charge in [0.2, 0.25) is 5.91 Å². The highest BCUT2D eigenvalue weighted by Gasteiger charge is 2.21. The highest BCUT2D eigenvalue weighted by Crippen LogP contribution is 2.18. The van der Waals surface area contributed by atoms with Crippen molar-refractivity contribution in [3.8, 4) is 5.75 Å². The molecule has 2 atom stereocenters. The van der Waals surface area contributed by atoms with E-state index in [0.717, 1.165) is 23.3 Å². The molecule has 0 saturated carbocycles. The Morgan fingerprint density at radius 2 is 1.67 bits per heavy atom. The average molecular weight is 416 g/mol. The molecule has 2 aromatic rings. The summed E-state index contributed by atoms with van der Waals surface area (Å²) in [5.41, 5.74) is 1.72. The Balaban J connectivity index is 1.89. The van der Waals surface area contributed by atoms with E-state index in [1.54, 1.807) is 12.1 Å². The van der Waals surface area contributed by atoms with Crippen LogP contribution in [0.25, 0.3) is 0 Å². The Morgan fingerprint density at radius 1 is 1.00 bits per heavy atom. The lowest BCUT2D eigenvalue weighted by atomic mass is 10.1. The maximum atomic E-state index is 13.0. The van der Waals surface area contributed by atoms with Gasteiger partial charge in [-0.3, -0.25) is 4.79 Å². The summed E-state index contributed by atoms with van der Waals surface area (Å²) < 4.78 is 18.4. The van der Waals surface area contributed by atoms with Crippen molar-refractivity contribution in [2.45, 2.75) is 52.2 Å². The number of hydrogen-bond acceptors (Lipinski definition) is 3. The molecule has 2 unspecified atom stereocenters. The molecule has 0 spiro atoms. The van der Waals surface area contributed by atoms with Gasteiger partial charge in [0.05, 0.1) is 12.6 Å². The number of nitrogens with one attached hydrogen (secondary N) is 3. The SMILES string of the molecule is CCCC(NC(=O)NCc1ccc(F)cc1)C(=O)NC(C)c1ccc(OCC)cc1. The van der Waals surface area contributed by atoms with E-state index < -0.39 is 12.1 Å². The Kier molecular flexibility index (Phi) is 9.12. The van der Waals surface area contributed by atoms with Crippen LogP contribution in [0.3, 0.4) is 0 Å². The molecule has 30 heavy (non-hydrogen) atoms. The van der Waals surface area contributed by atoms with Crippen LogP contribution >= 0.6 is 0 Å². The third-order valence-corrected chi connectivity index (χ3v) is 4.62. The van der Waals surface area contributed by atoms with Crippen LogP contribution in [0.4, 0.5) is 9.18 Å². The molecule has 0 aromatic heterocycles. The Morgan fingerprint density at radius 3 is 2.27 bits per heavy atom. The molecular formula is C23H30FN3O3. The molecule has 0 radical (unpaired) electrons. The van der Waals surface area contributed by atoms with E-state index in [2.05, 4.69) is 16.0 Å². The number of carbonyl (C=O) groups is 2. The van der Waals surface area contributed by atoms with Gasteiger partial charge in [0.1, 0.15) is 17.6 Å². The minimum Gasteiger partial charge on any atom is -0.494 e. The van der Waals surface area contributed by atoms with Crippen LogP contribution in [0.5, 0.6) is 5.75 Å². The second kappa shape index (κ2) is 11.8. The van der Waals surface area contributed by atoms with Crippen molar-refractivity contribution < 1.29 is 18.7 Å². The molecule has 0 aliphatic carbocycles. The Labute approximate surface area is 177 Å². The van der Waals surface area contributed by atoms with Crippen molar-refractivity contribution in [1.29, 1.82) is 0 Å². The van der Waals surface area contributed by atoms with Crippen molar-refractivity contribution in [3.05, 3.63) is 65.5 Å². The second-order valence-corrected chi connectivity index (χ2v) is 7.03. The zero-order chi connectivity index (χ0) is 21.9. The normalized spacial score (nSPS) is 12.5. The van der Waals surface area contributed by atoms with Crippen LogP contribution in [0.1, 0.15) is 50.8 Å². The molecule has 3 N–H and O–H groups in total. The standard InChI is InChI=1S/C23H30FN3O3/c1-4-6-21(27-23(29)25-15-17-7-11-19(24)12-8-17)22(28)26-16(3)18-9-13-20(14-10-18)30-5-2/h7-14,16,21H,4-6,15H2,1-3H3,(H,26,28)(H2,25,27,29). The van der Waals surface area contributed by atoms with E-state index in [1.165, 1.54) is 12.1 Å². The molecule has 3 amide bonds.